The molecule has 0 heterocycles. The summed E-state index contributed by atoms with van der Waals surface area (Å²) in [4.78, 5) is 12.6. The van der Waals surface area contributed by atoms with Gasteiger partial charge in [-0.15, -0.1) is 11.6 Å². The highest BCUT2D eigenvalue weighted by atomic mass is 35.5. The Kier molecular flexibility index (Phi) is 3.45. The zero-order valence-electron chi connectivity index (χ0n) is 12.2. The molecule has 1 amide bonds. The Hall–Kier alpha value is -1.02. The van der Waals surface area contributed by atoms with Crippen molar-refractivity contribution in [1.82, 2.24) is 5.32 Å². The Balaban J connectivity index is 1.46. The SMILES string of the molecule is O=C(NC1CCCCC1Cl)C1C2CCc3ccccc3C21. The van der Waals surface area contributed by atoms with Crippen LogP contribution >= 0.6 is 11.6 Å². The lowest BCUT2D eigenvalue weighted by molar-refractivity contribution is -0.123. The first-order valence-corrected chi connectivity index (χ1v) is 8.71. The number of amides is 1. The van der Waals surface area contributed by atoms with Gasteiger partial charge in [-0.05, 0) is 48.6 Å². The maximum atomic E-state index is 12.6. The van der Waals surface area contributed by atoms with Gasteiger partial charge in [0.25, 0.3) is 0 Å². The van der Waals surface area contributed by atoms with Gasteiger partial charge in [-0.1, -0.05) is 37.1 Å². The van der Waals surface area contributed by atoms with E-state index in [4.69, 9.17) is 11.6 Å². The van der Waals surface area contributed by atoms with Crippen molar-refractivity contribution in [1.29, 1.82) is 0 Å². The number of fused-ring (bicyclic) bond motifs is 3. The van der Waals surface area contributed by atoms with E-state index >= 15 is 0 Å². The Morgan fingerprint density at radius 2 is 1.95 bits per heavy atom. The van der Waals surface area contributed by atoms with Crippen LogP contribution in [0.25, 0.3) is 0 Å². The van der Waals surface area contributed by atoms with Crippen molar-refractivity contribution in [2.75, 3.05) is 0 Å². The van der Waals surface area contributed by atoms with Crippen molar-refractivity contribution in [2.45, 2.75) is 55.9 Å². The van der Waals surface area contributed by atoms with Gasteiger partial charge in [0.1, 0.15) is 0 Å². The molecule has 1 aromatic carbocycles. The summed E-state index contributed by atoms with van der Waals surface area (Å²) in [6.07, 6.45) is 6.75. The molecule has 3 heteroatoms. The average Bonchev–Trinajstić information content (AvgIpc) is 3.24. The molecule has 21 heavy (non-hydrogen) atoms. The maximum absolute atomic E-state index is 12.6. The Bertz CT molecular complexity index is 558. The van der Waals surface area contributed by atoms with Crippen LogP contribution in [0.2, 0.25) is 0 Å². The first kappa shape index (κ1) is 13.6. The third-order valence-electron chi connectivity index (χ3n) is 5.64. The van der Waals surface area contributed by atoms with Gasteiger partial charge in [0, 0.05) is 12.0 Å². The zero-order chi connectivity index (χ0) is 14.4. The van der Waals surface area contributed by atoms with Crippen molar-refractivity contribution in [3.8, 4) is 0 Å². The van der Waals surface area contributed by atoms with Crippen molar-refractivity contribution in [3.05, 3.63) is 35.4 Å². The summed E-state index contributed by atoms with van der Waals surface area (Å²) >= 11 is 6.37. The Morgan fingerprint density at radius 3 is 2.81 bits per heavy atom. The molecular weight excluding hydrogens is 282 g/mol. The molecule has 0 radical (unpaired) electrons. The van der Waals surface area contributed by atoms with Crippen LogP contribution in [0.15, 0.2) is 24.3 Å². The number of hydrogen-bond donors (Lipinski definition) is 1. The van der Waals surface area contributed by atoms with Crippen LogP contribution in [-0.2, 0) is 11.2 Å². The number of carbonyl (C=O) groups is 1. The van der Waals surface area contributed by atoms with Crippen LogP contribution in [0.3, 0.4) is 0 Å². The minimum absolute atomic E-state index is 0.121. The van der Waals surface area contributed by atoms with Crippen molar-refractivity contribution in [3.63, 3.8) is 0 Å². The summed E-state index contributed by atoms with van der Waals surface area (Å²) in [7, 11) is 0. The van der Waals surface area contributed by atoms with Crippen molar-refractivity contribution >= 4 is 17.5 Å². The van der Waals surface area contributed by atoms with E-state index in [0.717, 1.165) is 25.7 Å². The molecule has 2 nitrogen and oxygen atoms in total. The van der Waals surface area contributed by atoms with Crippen molar-refractivity contribution in [2.24, 2.45) is 11.8 Å². The molecule has 1 aromatic rings. The molecule has 1 N–H and O–H groups in total. The molecule has 5 unspecified atom stereocenters. The second kappa shape index (κ2) is 5.31. The van der Waals surface area contributed by atoms with Gasteiger partial charge in [-0.3, -0.25) is 4.79 Å². The lowest BCUT2D eigenvalue weighted by atomic mass is 9.92. The highest BCUT2D eigenvalue weighted by Gasteiger charge is 2.57. The van der Waals surface area contributed by atoms with Crippen LogP contribution in [-0.4, -0.2) is 17.3 Å². The van der Waals surface area contributed by atoms with Crippen LogP contribution < -0.4 is 5.32 Å². The Morgan fingerprint density at radius 1 is 1.14 bits per heavy atom. The minimum atomic E-state index is 0.121. The predicted molar refractivity (Wildman–Crippen MR) is 84.5 cm³/mol. The van der Waals surface area contributed by atoms with E-state index in [9.17, 15) is 4.79 Å². The molecular formula is C18H22ClNO. The smallest absolute Gasteiger partial charge is 0.224 e. The van der Waals surface area contributed by atoms with Gasteiger partial charge in [0.15, 0.2) is 0 Å². The van der Waals surface area contributed by atoms with E-state index in [1.807, 2.05) is 0 Å². The zero-order valence-corrected chi connectivity index (χ0v) is 13.0. The number of rotatable bonds is 2. The molecule has 0 aliphatic heterocycles. The third-order valence-corrected chi connectivity index (χ3v) is 6.16. The summed E-state index contributed by atoms with van der Waals surface area (Å²) in [5.41, 5.74) is 2.86. The number of benzene rings is 1. The number of hydrogen-bond acceptors (Lipinski definition) is 1. The lowest BCUT2D eigenvalue weighted by Gasteiger charge is -2.28. The quantitative estimate of drug-likeness (QED) is 0.831. The minimum Gasteiger partial charge on any atom is -0.352 e. The summed E-state index contributed by atoms with van der Waals surface area (Å²) in [5, 5.41) is 3.37. The molecule has 2 fully saturated rings. The number of halogens is 1. The van der Waals surface area contributed by atoms with Gasteiger partial charge < -0.3 is 5.32 Å². The fourth-order valence-corrected chi connectivity index (χ4v) is 4.79. The van der Waals surface area contributed by atoms with E-state index < -0.39 is 0 Å². The number of nitrogens with one attached hydrogen (secondary N) is 1. The molecule has 0 bridgehead atoms. The van der Waals surface area contributed by atoms with Gasteiger partial charge in [0.05, 0.1) is 5.38 Å². The largest absolute Gasteiger partial charge is 0.352 e. The third kappa shape index (κ3) is 2.38. The highest BCUT2D eigenvalue weighted by Crippen LogP contribution is 2.59. The summed E-state index contributed by atoms with van der Waals surface area (Å²) in [6, 6.07) is 8.83. The van der Waals surface area contributed by atoms with E-state index in [0.29, 0.717) is 11.8 Å². The number of alkyl halides is 1. The predicted octanol–water partition coefficient (Wildman–Crippen LogP) is 3.63. The molecule has 3 aliphatic carbocycles. The van der Waals surface area contributed by atoms with E-state index in [-0.39, 0.29) is 23.2 Å². The molecule has 2 saturated carbocycles. The summed E-state index contributed by atoms with van der Waals surface area (Å²) in [6.45, 7) is 0. The number of carbonyl (C=O) groups excluding carboxylic acids is 1. The van der Waals surface area contributed by atoms with Crippen LogP contribution in [0.5, 0.6) is 0 Å². The van der Waals surface area contributed by atoms with Gasteiger partial charge in [-0.25, -0.2) is 0 Å². The molecule has 0 saturated heterocycles. The summed E-state index contributed by atoms with van der Waals surface area (Å²) in [5.74, 6) is 1.48. The fourth-order valence-electron chi connectivity index (χ4n) is 4.45. The van der Waals surface area contributed by atoms with Gasteiger partial charge in [0.2, 0.25) is 5.91 Å². The first-order valence-electron chi connectivity index (χ1n) is 8.28. The van der Waals surface area contributed by atoms with E-state index in [2.05, 4.69) is 29.6 Å². The van der Waals surface area contributed by atoms with Gasteiger partial charge in [-0.2, -0.15) is 0 Å². The topological polar surface area (TPSA) is 29.1 Å². The lowest BCUT2D eigenvalue weighted by Crippen LogP contribution is -2.43. The van der Waals surface area contributed by atoms with Crippen LogP contribution in [0.4, 0.5) is 0 Å². The van der Waals surface area contributed by atoms with E-state index in [1.165, 1.54) is 24.0 Å². The normalized spacial score (nSPS) is 37.3. The van der Waals surface area contributed by atoms with Crippen molar-refractivity contribution < 1.29 is 4.79 Å². The molecule has 5 atom stereocenters. The molecule has 0 aromatic heterocycles. The highest BCUT2D eigenvalue weighted by molar-refractivity contribution is 6.21. The molecule has 112 valence electrons. The monoisotopic (exact) mass is 303 g/mol. The maximum Gasteiger partial charge on any atom is 0.224 e. The first-order chi connectivity index (χ1) is 10.3. The average molecular weight is 304 g/mol. The summed E-state index contributed by atoms with van der Waals surface area (Å²) < 4.78 is 0. The van der Waals surface area contributed by atoms with Gasteiger partial charge >= 0.3 is 0 Å². The Labute approximate surface area is 131 Å². The number of aryl methyl sites for hydroxylation is 1. The van der Waals surface area contributed by atoms with Crippen LogP contribution in [0, 0.1) is 11.8 Å². The molecule has 3 aliphatic rings. The standard InChI is InChI=1S/C18H22ClNO/c19-14-7-3-4-8-15(14)20-18(21)17-13-10-9-11-5-1-2-6-12(11)16(13)17/h1-2,5-6,13-17H,3-4,7-10H2,(H,20,21). The fraction of sp³-hybridized carbons (Fsp3) is 0.611. The van der Waals surface area contributed by atoms with Crippen LogP contribution in [0.1, 0.15) is 49.1 Å². The second-order valence-electron chi connectivity index (χ2n) is 6.87. The second-order valence-corrected chi connectivity index (χ2v) is 7.43. The molecule has 4 rings (SSSR count). The molecule has 0 spiro atoms. The van der Waals surface area contributed by atoms with E-state index in [1.54, 1.807) is 0 Å².